The Bertz CT molecular complexity index is 394. The number of hydrogen-bond acceptors (Lipinski definition) is 2. The maximum absolute atomic E-state index is 11.9. The first kappa shape index (κ1) is 15.6. The van der Waals surface area contributed by atoms with Crippen LogP contribution in [0, 0.1) is 5.92 Å². The van der Waals surface area contributed by atoms with E-state index in [9.17, 15) is 4.79 Å². The van der Waals surface area contributed by atoms with Crippen LogP contribution in [-0.2, 0) is 0 Å². The molecule has 0 aliphatic heterocycles. The van der Waals surface area contributed by atoms with Crippen molar-refractivity contribution in [1.82, 2.24) is 10.3 Å². The van der Waals surface area contributed by atoms with E-state index in [0.717, 1.165) is 17.3 Å². The maximum Gasteiger partial charge on any atom is 0.252 e. The van der Waals surface area contributed by atoms with Crippen LogP contribution in [0.1, 0.15) is 37.0 Å². The molecule has 1 rings (SSSR count). The molecule has 1 heterocycles. The fraction of sp³-hybridized carbons (Fsp3) is 0.538. The summed E-state index contributed by atoms with van der Waals surface area (Å²) in [7, 11) is 0. The number of carbonyl (C=O) groups excluding carboxylic acids is 1. The molecule has 1 unspecified atom stereocenters. The van der Waals surface area contributed by atoms with E-state index in [2.05, 4.69) is 56.0 Å². The van der Waals surface area contributed by atoms with Crippen molar-refractivity contribution in [1.29, 1.82) is 0 Å². The zero-order valence-electron chi connectivity index (χ0n) is 10.6. The summed E-state index contributed by atoms with van der Waals surface area (Å²) in [5, 5.41) is 2.93. The van der Waals surface area contributed by atoms with Crippen molar-refractivity contribution < 1.29 is 4.79 Å². The van der Waals surface area contributed by atoms with Crippen molar-refractivity contribution in [2.45, 2.75) is 31.5 Å². The fourth-order valence-electron chi connectivity index (χ4n) is 1.80. The molecule has 5 heteroatoms. The van der Waals surface area contributed by atoms with E-state index in [-0.39, 0.29) is 5.91 Å². The van der Waals surface area contributed by atoms with Crippen LogP contribution in [0.15, 0.2) is 22.9 Å². The third kappa shape index (κ3) is 4.69. The minimum Gasteiger partial charge on any atom is -0.351 e. The smallest absolute Gasteiger partial charge is 0.252 e. The molecular weight excluding hydrogens is 360 g/mol. The largest absolute Gasteiger partial charge is 0.351 e. The van der Waals surface area contributed by atoms with Gasteiger partial charge in [0.2, 0.25) is 0 Å². The highest BCUT2D eigenvalue weighted by molar-refractivity contribution is 9.10. The zero-order chi connectivity index (χ0) is 13.5. The fourth-order valence-corrected chi connectivity index (χ4v) is 3.07. The first-order valence-corrected chi connectivity index (χ1v) is 7.82. The quantitative estimate of drug-likeness (QED) is 0.766. The highest BCUT2D eigenvalue weighted by Gasteiger charge is 2.16. The Morgan fingerprint density at radius 1 is 1.39 bits per heavy atom. The monoisotopic (exact) mass is 376 g/mol. The normalized spacial score (nSPS) is 12.5. The number of pyridine rings is 1. The van der Waals surface area contributed by atoms with Crippen LogP contribution in [0.25, 0.3) is 0 Å². The second kappa shape index (κ2) is 7.89. The van der Waals surface area contributed by atoms with Crippen LogP contribution in [0.2, 0.25) is 0 Å². The van der Waals surface area contributed by atoms with Crippen molar-refractivity contribution in [2.75, 3.05) is 6.54 Å². The molecule has 1 N–H and O–H groups in total. The predicted molar refractivity (Wildman–Crippen MR) is 81.1 cm³/mol. The number of carbonyl (C=O) groups is 1. The van der Waals surface area contributed by atoms with Gasteiger partial charge in [-0.05, 0) is 27.9 Å². The third-order valence-corrected chi connectivity index (χ3v) is 4.49. The molecule has 100 valence electrons. The first-order valence-electron chi connectivity index (χ1n) is 6.11. The van der Waals surface area contributed by atoms with Crippen molar-refractivity contribution in [3.05, 3.63) is 28.5 Å². The Labute approximate surface area is 125 Å². The molecule has 1 amide bonds. The van der Waals surface area contributed by atoms with Gasteiger partial charge in [0, 0.05) is 28.2 Å². The van der Waals surface area contributed by atoms with Crippen molar-refractivity contribution in [3.8, 4) is 0 Å². The molecule has 0 saturated heterocycles. The van der Waals surface area contributed by atoms with E-state index in [1.54, 1.807) is 18.5 Å². The molecule has 0 aromatic carbocycles. The first-order chi connectivity index (χ1) is 8.58. The van der Waals surface area contributed by atoms with Gasteiger partial charge in [0.15, 0.2) is 0 Å². The summed E-state index contributed by atoms with van der Waals surface area (Å²) < 4.78 is 0.811. The van der Waals surface area contributed by atoms with Crippen LogP contribution in [-0.4, -0.2) is 22.3 Å². The van der Waals surface area contributed by atoms with Gasteiger partial charge >= 0.3 is 0 Å². The van der Waals surface area contributed by atoms with Gasteiger partial charge in [0.25, 0.3) is 5.91 Å². The highest BCUT2D eigenvalue weighted by atomic mass is 79.9. The molecule has 1 aromatic heterocycles. The summed E-state index contributed by atoms with van der Waals surface area (Å²) in [5.41, 5.74) is 0.577. The van der Waals surface area contributed by atoms with Gasteiger partial charge in [0.05, 0.1) is 5.56 Å². The lowest BCUT2D eigenvalue weighted by Crippen LogP contribution is -2.32. The van der Waals surface area contributed by atoms with Crippen molar-refractivity contribution in [3.63, 3.8) is 0 Å². The van der Waals surface area contributed by atoms with E-state index in [1.165, 1.54) is 0 Å². The van der Waals surface area contributed by atoms with E-state index < -0.39 is 0 Å². The number of nitrogens with one attached hydrogen (secondary N) is 1. The summed E-state index contributed by atoms with van der Waals surface area (Å²) in [6.07, 6.45) is 5.45. The van der Waals surface area contributed by atoms with E-state index in [0.29, 0.717) is 22.9 Å². The Morgan fingerprint density at radius 3 is 2.61 bits per heavy atom. The highest BCUT2D eigenvalue weighted by Crippen LogP contribution is 2.19. The molecule has 18 heavy (non-hydrogen) atoms. The molecule has 0 aliphatic rings. The molecule has 0 bridgehead atoms. The number of halogens is 2. The predicted octanol–water partition coefficient (Wildman–Crippen LogP) is 3.77. The van der Waals surface area contributed by atoms with Gasteiger partial charge in [-0.25, -0.2) is 0 Å². The average molecular weight is 378 g/mol. The van der Waals surface area contributed by atoms with Crippen molar-refractivity contribution in [2.24, 2.45) is 5.92 Å². The van der Waals surface area contributed by atoms with Crippen LogP contribution in [0.5, 0.6) is 0 Å². The zero-order valence-corrected chi connectivity index (χ0v) is 13.8. The molecule has 0 saturated carbocycles. The Morgan fingerprint density at radius 2 is 2.06 bits per heavy atom. The van der Waals surface area contributed by atoms with E-state index in [1.807, 2.05) is 0 Å². The van der Waals surface area contributed by atoms with Crippen LogP contribution in [0.4, 0.5) is 0 Å². The summed E-state index contributed by atoms with van der Waals surface area (Å²) >= 11 is 6.94. The molecule has 0 spiro atoms. The summed E-state index contributed by atoms with van der Waals surface area (Å²) in [6.45, 7) is 4.97. The minimum absolute atomic E-state index is 0.0841. The number of alkyl halides is 1. The topological polar surface area (TPSA) is 42.0 Å². The molecule has 0 aliphatic carbocycles. The van der Waals surface area contributed by atoms with E-state index >= 15 is 0 Å². The molecule has 1 aromatic rings. The van der Waals surface area contributed by atoms with Crippen molar-refractivity contribution >= 4 is 37.8 Å². The third-order valence-electron chi connectivity index (χ3n) is 2.98. The lowest BCUT2D eigenvalue weighted by molar-refractivity contribution is 0.0951. The summed E-state index contributed by atoms with van der Waals surface area (Å²) in [6, 6.07) is 1.77. The van der Waals surface area contributed by atoms with Gasteiger partial charge in [-0.15, -0.1) is 0 Å². The Kier molecular flexibility index (Phi) is 6.86. The molecule has 0 fully saturated rings. The number of amides is 1. The Balaban J connectivity index is 2.51. The number of rotatable bonds is 6. The summed E-state index contributed by atoms with van der Waals surface area (Å²) in [5.74, 6) is 0.505. The van der Waals surface area contributed by atoms with Crippen LogP contribution >= 0.6 is 31.9 Å². The molecule has 0 radical (unpaired) electrons. The number of nitrogens with zero attached hydrogens (tertiary/aromatic N) is 1. The maximum atomic E-state index is 11.9. The Hall–Kier alpha value is -0.420. The van der Waals surface area contributed by atoms with E-state index in [4.69, 9.17) is 0 Å². The van der Waals surface area contributed by atoms with Gasteiger partial charge in [-0.3, -0.25) is 9.78 Å². The van der Waals surface area contributed by atoms with Crippen LogP contribution in [0.3, 0.4) is 0 Å². The second-order valence-corrected chi connectivity index (χ2v) is 6.29. The lowest BCUT2D eigenvalue weighted by atomic mass is 9.99. The van der Waals surface area contributed by atoms with Gasteiger partial charge < -0.3 is 5.32 Å². The average Bonchev–Trinajstić information content (AvgIpc) is 2.37. The van der Waals surface area contributed by atoms with Crippen LogP contribution < -0.4 is 5.32 Å². The summed E-state index contributed by atoms with van der Waals surface area (Å²) in [4.78, 5) is 16.2. The van der Waals surface area contributed by atoms with Gasteiger partial charge in [-0.1, -0.05) is 42.6 Å². The molecule has 1 atom stereocenters. The molecule has 3 nitrogen and oxygen atoms in total. The molecular formula is C13H18Br2N2O. The second-order valence-electron chi connectivity index (χ2n) is 4.19. The number of aromatic nitrogens is 1. The standard InChI is InChI=1S/C13H18Br2N2O/c1-3-9(4-2)12(15)8-17-13(18)10-5-11(14)7-16-6-10/h5-7,9,12H,3-4,8H2,1-2H3,(H,17,18). The number of hydrogen-bond donors (Lipinski definition) is 1. The van der Waals surface area contributed by atoms with Gasteiger partial charge in [-0.2, -0.15) is 0 Å². The minimum atomic E-state index is -0.0841. The SMILES string of the molecule is CCC(CC)C(Br)CNC(=O)c1cncc(Br)c1. The van der Waals surface area contributed by atoms with Gasteiger partial charge in [0.1, 0.15) is 0 Å². The lowest BCUT2D eigenvalue weighted by Gasteiger charge is -2.19.